The van der Waals surface area contributed by atoms with Gasteiger partial charge in [0.05, 0.1) is 17.7 Å². The molecule has 27 heavy (non-hydrogen) atoms. The molecule has 0 unspecified atom stereocenters. The number of carbonyl (C=O) groups is 1. The highest BCUT2D eigenvalue weighted by molar-refractivity contribution is 6.02. The fourth-order valence-corrected chi connectivity index (χ4v) is 2.92. The molecule has 0 saturated heterocycles. The maximum atomic E-state index is 14.5. The summed E-state index contributed by atoms with van der Waals surface area (Å²) in [6, 6.07) is 9.19. The number of nitrogens with one attached hydrogen (secondary N) is 1. The van der Waals surface area contributed by atoms with E-state index in [2.05, 4.69) is 15.3 Å². The van der Waals surface area contributed by atoms with Crippen LogP contribution in [0.2, 0.25) is 0 Å². The Kier molecular flexibility index (Phi) is 5.03. The van der Waals surface area contributed by atoms with E-state index in [1.54, 1.807) is 13.0 Å². The van der Waals surface area contributed by atoms with Crippen molar-refractivity contribution in [2.45, 2.75) is 25.3 Å². The first-order valence-electron chi connectivity index (χ1n) is 8.37. The van der Waals surface area contributed by atoms with E-state index in [-0.39, 0.29) is 11.7 Å². The summed E-state index contributed by atoms with van der Waals surface area (Å²) in [4.78, 5) is 20.6. The van der Waals surface area contributed by atoms with Crippen LogP contribution >= 0.6 is 0 Å². The van der Waals surface area contributed by atoms with Crippen molar-refractivity contribution in [2.24, 2.45) is 10.7 Å². The first kappa shape index (κ1) is 18.3. The lowest BCUT2D eigenvalue weighted by Crippen LogP contribution is -2.25. The second kappa shape index (κ2) is 7.41. The standard InChI is InChI=1S/C19H18FN5O2/c1-19(7-2-8-27-18(22)25-19)14-9-13(4-5-15(14)20)24-17(26)16-6-3-12(10-21)11-23-16/h3-6,9,11H,2,7-8H2,1H3,(H2,22,25)(H,24,26)/t19-/m0/s1. The normalized spacial score (nSPS) is 19.2. The molecule has 8 heteroatoms. The number of pyridine rings is 1. The zero-order valence-electron chi connectivity index (χ0n) is 14.7. The second-order valence-electron chi connectivity index (χ2n) is 6.37. The number of nitriles is 1. The minimum atomic E-state index is -0.891. The molecule has 1 aromatic carbocycles. The first-order valence-corrected chi connectivity index (χ1v) is 8.37. The molecule has 1 atom stereocenters. The zero-order chi connectivity index (χ0) is 19.4. The van der Waals surface area contributed by atoms with Crippen LogP contribution in [-0.2, 0) is 10.3 Å². The quantitative estimate of drug-likeness (QED) is 0.866. The lowest BCUT2D eigenvalue weighted by molar-refractivity contribution is 0.102. The number of amidine groups is 1. The lowest BCUT2D eigenvalue weighted by atomic mass is 9.87. The Balaban J connectivity index is 1.87. The van der Waals surface area contributed by atoms with Gasteiger partial charge in [0.2, 0.25) is 0 Å². The summed E-state index contributed by atoms with van der Waals surface area (Å²) < 4.78 is 19.7. The van der Waals surface area contributed by atoms with Crippen LogP contribution in [0.15, 0.2) is 41.5 Å². The fraction of sp³-hybridized carbons (Fsp3) is 0.263. The number of carbonyl (C=O) groups excluding carboxylic acids is 1. The molecule has 0 spiro atoms. The fourth-order valence-electron chi connectivity index (χ4n) is 2.92. The molecule has 2 aromatic rings. The van der Waals surface area contributed by atoms with Crippen molar-refractivity contribution in [1.82, 2.24) is 4.98 Å². The third kappa shape index (κ3) is 4.03. The Hall–Kier alpha value is -3.47. The summed E-state index contributed by atoms with van der Waals surface area (Å²) >= 11 is 0. The predicted octanol–water partition coefficient (Wildman–Crippen LogP) is 2.68. The van der Waals surface area contributed by atoms with E-state index in [4.69, 9.17) is 15.7 Å². The number of benzene rings is 1. The maximum Gasteiger partial charge on any atom is 0.282 e. The van der Waals surface area contributed by atoms with Gasteiger partial charge in [-0.1, -0.05) is 0 Å². The van der Waals surface area contributed by atoms with Crippen LogP contribution in [-0.4, -0.2) is 23.5 Å². The Morgan fingerprint density at radius 2 is 2.22 bits per heavy atom. The second-order valence-corrected chi connectivity index (χ2v) is 6.37. The van der Waals surface area contributed by atoms with Gasteiger partial charge >= 0.3 is 0 Å². The number of ether oxygens (including phenoxy) is 1. The Morgan fingerprint density at radius 3 is 2.93 bits per heavy atom. The smallest absolute Gasteiger partial charge is 0.282 e. The van der Waals surface area contributed by atoms with Gasteiger partial charge < -0.3 is 15.8 Å². The SMILES string of the molecule is C[C@@]1(c2cc(NC(=O)c3ccc(C#N)cn3)ccc2F)CCCOC(N)=N1. The third-order valence-electron chi connectivity index (χ3n) is 4.34. The highest BCUT2D eigenvalue weighted by Crippen LogP contribution is 2.35. The van der Waals surface area contributed by atoms with Crippen LogP contribution in [0.5, 0.6) is 0 Å². The monoisotopic (exact) mass is 367 g/mol. The van der Waals surface area contributed by atoms with Crippen molar-refractivity contribution in [2.75, 3.05) is 11.9 Å². The molecule has 138 valence electrons. The minimum Gasteiger partial charge on any atom is -0.465 e. The Morgan fingerprint density at radius 1 is 1.41 bits per heavy atom. The van der Waals surface area contributed by atoms with E-state index in [0.717, 1.165) is 0 Å². The van der Waals surface area contributed by atoms with Crippen molar-refractivity contribution < 1.29 is 13.9 Å². The van der Waals surface area contributed by atoms with E-state index >= 15 is 0 Å². The average Bonchev–Trinajstić information content (AvgIpc) is 2.84. The van der Waals surface area contributed by atoms with Gasteiger partial charge in [0.1, 0.15) is 17.6 Å². The van der Waals surface area contributed by atoms with E-state index in [1.165, 1.54) is 30.5 Å². The minimum absolute atomic E-state index is 0.0191. The molecule has 1 aliphatic heterocycles. The average molecular weight is 367 g/mol. The number of hydrogen-bond donors (Lipinski definition) is 2. The van der Waals surface area contributed by atoms with Gasteiger partial charge in [-0.15, -0.1) is 0 Å². The molecule has 3 rings (SSSR count). The molecule has 2 heterocycles. The number of halogens is 1. The number of aliphatic imine (C=N–C) groups is 1. The molecule has 1 amide bonds. The summed E-state index contributed by atoms with van der Waals surface area (Å²) in [6.45, 7) is 2.20. The van der Waals surface area contributed by atoms with Gasteiger partial charge in [0.25, 0.3) is 11.9 Å². The van der Waals surface area contributed by atoms with Crippen molar-refractivity contribution >= 4 is 17.6 Å². The molecule has 3 N–H and O–H groups in total. The third-order valence-corrected chi connectivity index (χ3v) is 4.34. The molecular formula is C19H18FN5O2. The molecule has 0 radical (unpaired) electrons. The van der Waals surface area contributed by atoms with Gasteiger partial charge in [-0.05, 0) is 50.1 Å². The molecule has 7 nitrogen and oxygen atoms in total. The summed E-state index contributed by atoms with van der Waals surface area (Å²) in [5.74, 6) is -0.903. The Bertz CT molecular complexity index is 936. The van der Waals surface area contributed by atoms with Gasteiger partial charge in [0.15, 0.2) is 0 Å². The number of aromatic nitrogens is 1. The van der Waals surface area contributed by atoms with Crippen LogP contribution in [0.25, 0.3) is 0 Å². The molecular weight excluding hydrogens is 349 g/mol. The van der Waals surface area contributed by atoms with E-state index in [1.807, 2.05) is 6.07 Å². The summed E-state index contributed by atoms with van der Waals surface area (Å²) in [6.07, 6.45) is 2.54. The van der Waals surface area contributed by atoms with Crippen molar-refractivity contribution in [1.29, 1.82) is 5.26 Å². The number of anilines is 1. The topological polar surface area (TPSA) is 113 Å². The number of amides is 1. The van der Waals surface area contributed by atoms with Crippen LogP contribution in [0, 0.1) is 17.1 Å². The van der Waals surface area contributed by atoms with Crippen LogP contribution < -0.4 is 11.1 Å². The number of hydrogen-bond acceptors (Lipinski definition) is 6. The van der Waals surface area contributed by atoms with Crippen molar-refractivity contribution in [3.05, 3.63) is 59.2 Å². The number of nitrogens with zero attached hydrogens (tertiary/aromatic N) is 3. The zero-order valence-corrected chi connectivity index (χ0v) is 14.7. The highest BCUT2D eigenvalue weighted by atomic mass is 19.1. The van der Waals surface area contributed by atoms with Crippen LogP contribution in [0.1, 0.15) is 41.4 Å². The summed E-state index contributed by atoms with van der Waals surface area (Å²) in [5, 5.41) is 11.5. The van der Waals surface area contributed by atoms with E-state index < -0.39 is 17.3 Å². The predicted molar refractivity (Wildman–Crippen MR) is 97.5 cm³/mol. The molecule has 0 aliphatic carbocycles. The molecule has 1 aliphatic rings. The van der Waals surface area contributed by atoms with Gasteiger partial charge in [-0.25, -0.2) is 14.4 Å². The maximum absolute atomic E-state index is 14.5. The largest absolute Gasteiger partial charge is 0.465 e. The van der Waals surface area contributed by atoms with Gasteiger partial charge in [-0.3, -0.25) is 4.79 Å². The molecule has 1 aromatic heterocycles. The van der Waals surface area contributed by atoms with Gasteiger partial charge in [0, 0.05) is 17.4 Å². The van der Waals surface area contributed by atoms with Crippen LogP contribution in [0.4, 0.5) is 10.1 Å². The first-order chi connectivity index (χ1) is 12.9. The Labute approximate surface area is 155 Å². The van der Waals surface area contributed by atoms with E-state index in [0.29, 0.717) is 36.3 Å². The molecule has 0 saturated carbocycles. The molecule has 0 fully saturated rings. The summed E-state index contributed by atoms with van der Waals surface area (Å²) in [7, 11) is 0. The lowest BCUT2D eigenvalue weighted by Gasteiger charge is -2.25. The molecule has 0 bridgehead atoms. The van der Waals surface area contributed by atoms with E-state index in [9.17, 15) is 9.18 Å². The van der Waals surface area contributed by atoms with Crippen molar-refractivity contribution in [3.63, 3.8) is 0 Å². The summed E-state index contributed by atoms with van der Waals surface area (Å²) in [5.41, 5.74) is 6.06. The van der Waals surface area contributed by atoms with Gasteiger partial charge in [-0.2, -0.15) is 5.26 Å². The number of nitrogens with two attached hydrogens (primary N) is 1. The van der Waals surface area contributed by atoms with Crippen LogP contribution in [0.3, 0.4) is 0 Å². The number of rotatable bonds is 3. The highest BCUT2D eigenvalue weighted by Gasteiger charge is 2.31. The van der Waals surface area contributed by atoms with Crippen molar-refractivity contribution in [3.8, 4) is 6.07 Å².